The van der Waals surface area contributed by atoms with E-state index < -0.39 is 23.9 Å². The van der Waals surface area contributed by atoms with Gasteiger partial charge in [-0.3, -0.25) is 9.78 Å². The second kappa shape index (κ2) is 5.81. The highest BCUT2D eigenvalue weighted by molar-refractivity contribution is 5.94. The molecule has 1 aromatic heterocycles. The molecule has 1 N–H and O–H groups in total. The van der Waals surface area contributed by atoms with Crippen LogP contribution in [0.5, 0.6) is 0 Å². The summed E-state index contributed by atoms with van der Waals surface area (Å²) in [6.45, 7) is 0.114. The number of carbonyl (C=O) groups excluding carboxylic acids is 1. The molecule has 3 rings (SSSR count). The maximum atomic E-state index is 13.8. The summed E-state index contributed by atoms with van der Waals surface area (Å²) in [6, 6.07) is 6.65. The number of pyridine rings is 1. The highest BCUT2D eigenvalue weighted by Gasteiger charge is 2.36. The lowest BCUT2D eigenvalue weighted by Gasteiger charge is -2.25. The maximum Gasteiger partial charge on any atom is 0.257 e. The number of rotatable bonds is 2. The molecule has 114 valence electrons. The largest absolute Gasteiger partial charge is 0.391 e. The van der Waals surface area contributed by atoms with Gasteiger partial charge in [0.2, 0.25) is 0 Å². The number of halogens is 2. The molecule has 0 radical (unpaired) electrons. The monoisotopic (exact) mass is 304 g/mol. The molecule has 0 saturated carbocycles. The van der Waals surface area contributed by atoms with E-state index in [1.165, 1.54) is 29.3 Å². The van der Waals surface area contributed by atoms with Crippen LogP contribution >= 0.6 is 0 Å². The minimum absolute atomic E-state index is 0.0868. The van der Waals surface area contributed by atoms with Crippen LogP contribution in [0.25, 0.3) is 0 Å². The van der Waals surface area contributed by atoms with E-state index in [1.54, 1.807) is 12.1 Å². The lowest BCUT2D eigenvalue weighted by molar-refractivity contribution is 0.0711. The number of aliphatic hydroxyl groups excluding tert-OH is 1. The van der Waals surface area contributed by atoms with Crippen molar-refractivity contribution in [1.82, 2.24) is 9.88 Å². The van der Waals surface area contributed by atoms with Gasteiger partial charge in [0.25, 0.3) is 5.91 Å². The molecule has 0 unspecified atom stereocenters. The molecular formula is C16H14F2N2O2. The molecule has 1 aromatic carbocycles. The minimum atomic E-state index is -0.702. The third-order valence-electron chi connectivity index (χ3n) is 3.80. The number of hydrogen-bond acceptors (Lipinski definition) is 3. The number of aromatic nitrogens is 1. The molecule has 0 spiro atoms. The van der Waals surface area contributed by atoms with E-state index >= 15 is 0 Å². The number of nitrogens with zero attached hydrogens (tertiary/aromatic N) is 2. The van der Waals surface area contributed by atoms with Crippen LogP contribution < -0.4 is 0 Å². The van der Waals surface area contributed by atoms with E-state index in [4.69, 9.17) is 0 Å². The summed E-state index contributed by atoms with van der Waals surface area (Å²) < 4.78 is 26.8. The number of likely N-dealkylation sites (tertiary alicyclic amines) is 1. The number of hydrogen-bond donors (Lipinski definition) is 1. The van der Waals surface area contributed by atoms with Crippen LogP contribution in [0, 0.1) is 11.6 Å². The van der Waals surface area contributed by atoms with Crippen LogP contribution in [0.1, 0.15) is 28.4 Å². The molecular weight excluding hydrogens is 290 g/mol. The van der Waals surface area contributed by atoms with Crippen molar-refractivity contribution in [2.45, 2.75) is 18.6 Å². The number of benzene rings is 1. The van der Waals surface area contributed by atoms with Gasteiger partial charge in [-0.15, -0.1) is 0 Å². The average molecular weight is 304 g/mol. The molecule has 1 saturated heterocycles. The van der Waals surface area contributed by atoms with Crippen molar-refractivity contribution in [3.63, 3.8) is 0 Å². The first kappa shape index (κ1) is 14.6. The maximum absolute atomic E-state index is 13.8. The molecule has 4 nitrogen and oxygen atoms in total. The summed E-state index contributed by atoms with van der Waals surface area (Å²) in [5.41, 5.74) is 0.622. The Labute approximate surface area is 126 Å². The predicted octanol–water partition coefficient (Wildman–Crippen LogP) is 2.31. The zero-order chi connectivity index (χ0) is 15.7. The van der Waals surface area contributed by atoms with Crippen molar-refractivity contribution in [2.75, 3.05) is 6.54 Å². The average Bonchev–Trinajstić information content (AvgIpc) is 2.90. The van der Waals surface area contributed by atoms with E-state index in [-0.39, 0.29) is 17.9 Å². The van der Waals surface area contributed by atoms with Crippen LogP contribution in [0.3, 0.4) is 0 Å². The van der Waals surface area contributed by atoms with E-state index in [2.05, 4.69) is 4.98 Å². The van der Waals surface area contributed by atoms with Gasteiger partial charge in [-0.05, 0) is 30.2 Å². The molecule has 1 aliphatic rings. The SMILES string of the molecule is O=C(c1ccncc1F)N1C[C@@H](O)C[C@@H]1c1ccc(F)cc1. The van der Waals surface area contributed by atoms with Gasteiger partial charge in [-0.25, -0.2) is 8.78 Å². The first-order valence-electron chi connectivity index (χ1n) is 6.90. The van der Waals surface area contributed by atoms with Gasteiger partial charge in [0.05, 0.1) is 23.9 Å². The van der Waals surface area contributed by atoms with Gasteiger partial charge >= 0.3 is 0 Å². The lowest BCUT2D eigenvalue weighted by atomic mass is 10.0. The molecule has 2 aromatic rings. The fraction of sp³-hybridized carbons (Fsp3) is 0.250. The second-order valence-corrected chi connectivity index (χ2v) is 5.27. The summed E-state index contributed by atoms with van der Waals surface area (Å²) in [7, 11) is 0. The Hall–Kier alpha value is -2.34. The van der Waals surface area contributed by atoms with E-state index in [0.717, 1.165) is 6.20 Å². The molecule has 1 aliphatic heterocycles. The molecule has 2 atom stereocenters. The summed E-state index contributed by atoms with van der Waals surface area (Å²) in [5.74, 6) is -1.59. The Bertz CT molecular complexity index is 691. The quantitative estimate of drug-likeness (QED) is 0.926. The molecule has 1 amide bonds. The highest BCUT2D eigenvalue weighted by atomic mass is 19.1. The molecule has 2 heterocycles. The lowest BCUT2D eigenvalue weighted by Crippen LogP contribution is -2.32. The van der Waals surface area contributed by atoms with Crippen LogP contribution in [0.4, 0.5) is 8.78 Å². The zero-order valence-electron chi connectivity index (χ0n) is 11.6. The van der Waals surface area contributed by atoms with Gasteiger partial charge in [0.15, 0.2) is 5.82 Å². The van der Waals surface area contributed by atoms with Gasteiger partial charge < -0.3 is 10.0 Å². The Morgan fingerprint density at radius 3 is 2.64 bits per heavy atom. The summed E-state index contributed by atoms with van der Waals surface area (Å²) in [5, 5.41) is 9.88. The number of carbonyl (C=O) groups is 1. The van der Waals surface area contributed by atoms with Gasteiger partial charge in [0.1, 0.15) is 5.82 Å². The highest BCUT2D eigenvalue weighted by Crippen LogP contribution is 2.33. The first-order chi connectivity index (χ1) is 10.6. The normalized spacial score (nSPS) is 21.1. The van der Waals surface area contributed by atoms with Crippen LogP contribution in [0.15, 0.2) is 42.7 Å². The molecule has 0 aliphatic carbocycles. The van der Waals surface area contributed by atoms with Crippen LogP contribution in [-0.2, 0) is 0 Å². The Balaban J connectivity index is 1.92. The van der Waals surface area contributed by atoms with Crippen molar-refractivity contribution < 1.29 is 18.7 Å². The van der Waals surface area contributed by atoms with E-state index in [9.17, 15) is 18.7 Å². The third-order valence-corrected chi connectivity index (χ3v) is 3.80. The Kier molecular flexibility index (Phi) is 3.85. The van der Waals surface area contributed by atoms with Crippen molar-refractivity contribution in [3.8, 4) is 0 Å². The third kappa shape index (κ3) is 2.69. The zero-order valence-corrected chi connectivity index (χ0v) is 11.6. The predicted molar refractivity (Wildman–Crippen MR) is 75.0 cm³/mol. The number of amides is 1. The first-order valence-corrected chi connectivity index (χ1v) is 6.90. The summed E-state index contributed by atoms with van der Waals surface area (Å²) >= 11 is 0. The van der Waals surface area contributed by atoms with Crippen molar-refractivity contribution in [3.05, 3.63) is 65.5 Å². The van der Waals surface area contributed by atoms with Crippen molar-refractivity contribution in [2.24, 2.45) is 0 Å². The van der Waals surface area contributed by atoms with Crippen molar-refractivity contribution in [1.29, 1.82) is 0 Å². The van der Waals surface area contributed by atoms with Gasteiger partial charge in [-0.2, -0.15) is 0 Å². The Morgan fingerprint density at radius 1 is 1.23 bits per heavy atom. The molecule has 22 heavy (non-hydrogen) atoms. The van der Waals surface area contributed by atoms with Gasteiger partial charge in [0, 0.05) is 12.7 Å². The summed E-state index contributed by atoms with van der Waals surface area (Å²) in [4.78, 5) is 17.6. The van der Waals surface area contributed by atoms with E-state index in [0.29, 0.717) is 12.0 Å². The molecule has 0 bridgehead atoms. The minimum Gasteiger partial charge on any atom is -0.391 e. The van der Waals surface area contributed by atoms with Gasteiger partial charge in [-0.1, -0.05) is 12.1 Å². The summed E-state index contributed by atoms with van der Waals surface area (Å²) in [6.07, 6.45) is 1.97. The number of aliphatic hydroxyl groups is 1. The Morgan fingerprint density at radius 2 is 1.95 bits per heavy atom. The second-order valence-electron chi connectivity index (χ2n) is 5.27. The van der Waals surface area contributed by atoms with Crippen LogP contribution in [-0.4, -0.2) is 33.5 Å². The fourth-order valence-electron chi connectivity index (χ4n) is 2.74. The number of β-amino-alcohol motifs (C(OH)–C–C–N with tert-alkyl or cyclic N) is 1. The topological polar surface area (TPSA) is 53.4 Å². The smallest absolute Gasteiger partial charge is 0.257 e. The van der Waals surface area contributed by atoms with Crippen molar-refractivity contribution >= 4 is 5.91 Å². The molecule has 6 heteroatoms. The van der Waals surface area contributed by atoms with Crippen LogP contribution in [0.2, 0.25) is 0 Å². The molecule has 1 fully saturated rings. The fourth-order valence-corrected chi connectivity index (χ4v) is 2.74. The van der Waals surface area contributed by atoms with E-state index in [1.807, 2.05) is 0 Å². The standard InChI is InChI=1S/C16H14F2N2O2/c17-11-3-1-10(2-4-11)15-7-12(21)9-20(15)16(22)13-5-6-19-8-14(13)18/h1-6,8,12,15,21H,7,9H2/t12-,15+/m0/s1.